The van der Waals surface area contributed by atoms with E-state index in [9.17, 15) is 0 Å². The largest absolute Gasteiger partial charge is 0.456 e. The predicted molar refractivity (Wildman–Crippen MR) is 198 cm³/mol. The monoisotopic (exact) mass is 596 g/mol. The van der Waals surface area contributed by atoms with Gasteiger partial charge in [-0.25, -0.2) is 0 Å². The number of ether oxygens (including phenoxy) is 1. The first-order valence-electron chi connectivity index (χ1n) is 16.2. The van der Waals surface area contributed by atoms with Crippen molar-refractivity contribution in [2.24, 2.45) is 0 Å². The molecule has 0 amide bonds. The summed E-state index contributed by atoms with van der Waals surface area (Å²) >= 11 is 0. The van der Waals surface area contributed by atoms with Gasteiger partial charge in [0.15, 0.2) is 0 Å². The lowest BCUT2D eigenvalue weighted by atomic mass is 9.83. The molecule has 9 aromatic rings. The molecule has 1 heterocycles. The summed E-state index contributed by atoms with van der Waals surface area (Å²) in [5.74, 6) is 1.80. The van der Waals surface area contributed by atoms with Crippen molar-refractivity contribution in [3.05, 3.63) is 170 Å². The Hall–Kier alpha value is -6.18. The van der Waals surface area contributed by atoms with Crippen molar-refractivity contribution in [2.75, 3.05) is 0 Å². The summed E-state index contributed by atoms with van der Waals surface area (Å²) in [6, 6.07) is 61.5. The zero-order chi connectivity index (χ0) is 30.9. The van der Waals surface area contributed by atoms with Crippen LogP contribution in [-0.2, 0) is 0 Å². The molecule has 0 saturated carbocycles. The second-order valence-corrected chi connectivity index (χ2v) is 12.4. The second kappa shape index (κ2) is 10.2. The molecule has 1 aliphatic rings. The van der Waals surface area contributed by atoms with Crippen LogP contribution in [0.1, 0.15) is 0 Å². The van der Waals surface area contributed by atoms with Gasteiger partial charge in [-0.15, -0.1) is 0 Å². The van der Waals surface area contributed by atoms with E-state index in [1.165, 1.54) is 76.6 Å². The van der Waals surface area contributed by atoms with Gasteiger partial charge >= 0.3 is 0 Å². The molecule has 0 radical (unpaired) electrons. The van der Waals surface area contributed by atoms with Gasteiger partial charge in [-0.2, -0.15) is 0 Å². The van der Waals surface area contributed by atoms with Crippen LogP contribution in [0.25, 0.3) is 87.6 Å². The van der Waals surface area contributed by atoms with Crippen LogP contribution in [0.15, 0.2) is 170 Å². The van der Waals surface area contributed by atoms with E-state index in [1.54, 1.807) is 0 Å². The summed E-state index contributed by atoms with van der Waals surface area (Å²) in [5.41, 5.74) is 9.71. The minimum atomic E-state index is 0.896. The maximum Gasteiger partial charge on any atom is 0.135 e. The lowest BCUT2D eigenvalue weighted by Gasteiger charge is -2.24. The molecule has 0 N–H and O–H groups in total. The van der Waals surface area contributed by atoms with E-state index >= 15 is 0 Å². The third-order valence-corrected chi connectivity index (χ3v) is 9.84. The van der Waals surface area contributed by atoms with Gasteiger partial charge in [0.1, 0.15) is 11.5 Å². The summed E-state index contributed by atoms with van der Waals surface area (Å²) in [7, 11) is 0. The zero-order valence-electron chi connectivity index (χ0n) is 25.6. The van der Waals surface area contributed by atoms with Crippen LogP contribution >= 0.6 is 0 Å². The van der Waals surface area contributed by atoms with Crippen LogP contribution in [0.3, 0.4) is 0 Å². The molecule has 0 aliphatic carbocycles. The van der Waals surface area contributed by atoms with E-state index in [1.807, 2.05) is 0 Å². The van der Waals surface area contributed by atoms with E-state index in [0.717, 1.165) is 22.4 Å². The lowest BCUT2D eigenvalue weighted by molar-refractivity contribution is 0.487. The Bertz CT molecular complexity index is 2640. The predicted octanol–water partition coefficient (Wildman–Crippen LogP) is 13.1. The van der Waals surface area contributed by atoms with Gasteiger partial charge in [0.05, 0.1) is 0 Å². The highest BCUT2D eigenvalue weighted by Gasteiger charge is 2.24. The molecule has 47 heavy (non-hydrogen) atoms. The first kappa shape index (κ1) is 26.1. The Morgan fingerprint density at radius 2 is 0.915 bits per heavy atom. The van der Waals surface area contributed by atoms with Crippen molar-refractivity contribution in [1.82, 2.24) is 0 Å². The Labute approximate surface area is 272 Å². The molecular formula is C46H28O. The molecule has 0 atom stereocenters. The molecule has 1 aliphatic heterocycles. The van der Waals surface area contributed by atoms with E-state index < -0.39 is 0 Å². The Morgan fingerprint density at radius 1 is 0.298 bits per heavy atom. The highest BCUT2D eigenvalue weighted by molar-refractivity contribution is 6.25. The molecule has 0 saturated heterocycles. The van der Waals surface area contributed by atoms with Crippen molar-refractivity contribution in [3.63, 3.8) is 0 Å². The molecule has 10 rings (SSSR count). The fourth-order valence-corrected chi connectivity index (χ4v) is 7.73. The summed E-state index contributed by atoms with van der Waals surface area (Å²) in [6.45, 7) is 0. The van der Waals surface area contributed by atoms with Gasteiger partial charge in [-0.1, -0.05) is 140 Å². The van der Waals surface area contributed by atoms with Crippen molar-refractivity contribution in [3.8, 4) is 56.0 Å². The molecule has 0 spiro atoms. The second-order valence-electron chi connectivity index (χ2n) is 12.4. The summed E-state index contributed by atoms with van der Waals surface area (Å²) in [5, 5.41) is 9.87. The van der Waals surface area contributed by atoms with E-state index in [-0.39, 0.29) is 0 Å². The number of benzene rings is 9. The first-order chi connectivity index (χ1) is 23.3. The van der Waals surface area contributed by atoms with Gasteiger partial charge in [0.25, 0.3) is 0 Å². The Morgan fingerprint density at radius 3 is 1.68 bits per heavy atom. The molecule has 1 nitrogen and oxygen atoms in total. The van der Waals surface area contributed by atoms with Crippen LogP contribution < -0.4 is 4.74 Å². The molecule has 0 fully saturated rings. The summed E-state index contributed by atoms with van der Waals surface area (Å²) < 4.78 is 6.62. The van der Waals surface area contributed by atoms with Gasteiger partial charge in [-0.05, 0) is 107 Å². The maximum absolute atomic E-state index is 6.62. The maximum atomic E-state index is 6.62. The van der Waals surface area contributed by atoms with Crippen LogP contribution in [0.5, 0.6) is 11.5 Å². The molecule has 218 valence electrons. The smallest absolute Gasteiger partial charge is 0.135 e. The van der Waals surface area contributed by atoms with Crippen LogP contribution in [0.2, 0.25) is 0 Å². The zero-order valence-corrected chi connectivity index (χ0v) is 25.6. The minimum absolute atomic E-state index is 0.896. The third-order valence-electron chi connectivity index (χ3n) is 9.84. The van der Waals surface area contributed by atoms with Crippen molar-refractivity contribution in [1.29, 1.82) is 0 Å². The normalized spacial score (nSPS) is 12.0. The van der Waals surface area contributed by atoms with Crippen LogP contribution in [0, 0.1) is 0 Å². The van der Waals surface area contributed by atoms with Crippen molar-refractivity contribution in [2.45, 2.75) is 0 Å². The van der Waals surface area contributed by atoms with Gasteiger partial charge < -0.3 is 4.74 Å². The Kier molecular flexibility index (Phi) is 5.64. The highest BCUT2D eigenvalue weighted by atomic mass is 16.5. The number of hydrogen-bond donors (Lipinski definition) is 0. The SMILES string of the molecule is c1ccc(-c2ccc3c(c2)-c2cccc4c(-c5c6ccccc6c(-c6ccc7ccccc7c6)c6ccccc56)ccc(c24)O3)cc1. The van der Waals surface area contributed by atoms with E-state index in [0.29, 0.717) is 0 Å². The van der Waals surface area contributed by atoms with E-state index in [2.05, 4.69) is 170 Å². The lowest BCUT2D eigenvalue weighted by Crippen LogP contribution is -1.99. The number of hydrogen-bond acceptors (Lipinski definition) is 1. The highest BCUT2D eigenvalue weighted by Crippen LogP contribution is 2.52. The fraction of sp³-hybridized carbons (Fsp3) is 0. The number of rotatable bonds is 3. The average Bonchev–Trinajstić information content (AvgIpc) is 3.14. The fourth-order valence-electron chi connectivity index (χ4n) is 7.73. The van der Waals surface area contributed by atoms with Gasteiger partial charge in [-0.3, -0.25) is 0 Å². The topological polar surface area (TPSA) is 9.23 Å². The first-order valence-corrected chi connectivity index (χ1v) is 16.2. The van der Waals surface area contributed by atoms with Crippen LogP contribution in [-0.4, -0.2) is 0 Å². The summed E-state index contributed by atoms with van der Waals surface area (Å²) in [4.78, 5) is 0. The van der Waals surface area contributed by atoms with Crippen molar-refractivity contribution < 1.29 is 4.74 Å². The van der Waals surface area contributed by atoms with Crippen LogP contribution in [0.4, 0.5) is 0 Å². The molecule has 1 heteroatoms. The Balaban J connectivity index is 1.25. The quantitative estimate of drug-likeness (QED) is 0.184. The molecule has 0 bridgehead atoms. The third kappa shape index (κ3) is 3.97. The molecule has 0 unspecified atom stereocenters. The average molecular weight is 597 g/mol. The summed E-state index contributed by atoms with van der Waals surface area (Å²) in [6.07, 6.45) is 0. The number of fused-ring (bicyclic) bond motifs is 5. The van der Waals surface area contributed by atoms with Gasteiger partial charge in [0, 0.05) is 10.9 Å². The molecule has 0 aromatic heterocycles. The molecular weight excluding hydrogens is 569 g/mol. The standard InChI is InChI=1S/C46H28O/c1-2-11-29(12-3-1)32-23-25-42-41(28-32)39-20-10-19-38-40(24-26-43(47-42)46(38)39)45-36-17-8-6-15-34(36)44(35-16-7-9-18-37(35)45)33-22-21-30-13-4-5-14-31(30)27-33/h1-28H. The minimum Gasteiger partial charge on any atom is -0.456 e. The molecule has 9 aromatic carbocycles. The van der Waals surface area contributed by atoms with E-state index in [4.69, 9.17) is 4.74 Å². The van der Waals surface area contributed by atoms with Gasteiger partial charge in [0.2, 0.25) is 0 Å². The van der Waals surface area contributed by atoms with Crippen molar-refractivity contribution >= 4 is 43.1 Å².